The van der Waals surface area contributed by atoms with E-state index in [4.69, 9.17) is 16.3 Å². The molecule has 1 rings (SSSR count). The van der Waals surface area contributed by atoms with Crippen molar-refractivity contribution in [2.45, 2.75) is 19.9 Å². The number of hydrogen-bond acceptors (Lipinski definition) is 3. The maximum Gasteiger partial charge on any atom is 0.328 e. The van der Waals surface area contributed by atoms with Gasteiger partial charge in [-0.1, -0.05) is 23.7 Å². The van der Waals surface area contributed by atoms with Crippen LogP contribution in [-0.2, 0) is 9.53 Å². The molecule has 0 radical (unpaired) electrons. The van der Waals surface area contributed by atoms with Crippen LogP contribution >= 0.6 is 11.6 Å². The van der Waals surface area contributed by atoms with Crippen LogP contribution in [0, 0.1) is 0 Å². The Morgan fingerprint density at radius 3 is 2.80 bits per heavy atom. The van der Waals surface area contributed by atoms with E-state index in [2.05, 4.69) is 5.32 Å². The minimum Gasteiger partial charge on any atom is -0.464 e. The number of rotatable bonds is 4. The van der Waals surface area contributed by atoms with Crippen molar-refractivity contribution in [2.75, 3.05) is 11.9 Å². The Morgan fingerprint density at radius 2 is 2.20 bits per heavy atom. The summed E-state index contributed by atoms with van der Waals surface area (Å²) >= 11 is 5.94. The quantitative estimate of drug-likeness (QED) is 0.804. The summed E-state index contributed by atoms with van der Waals surface area (Å²) in [5.41, 5.74) is 0.736. The van der Waals surface area contributed by atoms with Gasteiger partial charge in [-0.2, -0.15) is 0 Å². The molecule has 0 heterocycles. The lowest BCUT2D eigenvalue weighted by molar-refractivity contribution is -0.143. The third-order valence-corrected chi connectivity index (χ3v) is 2.22. The number of carbonyl (C=O) groups excluding carboxylic acids is 1. The summed E-state index contributed by atoms with van der Waals surface area (Å²) in [6, 6.07) is 6.87. The Balaban J connectivity index is 2.62. The van der Waals surface area contributed by atoms with Gasteiger partial charge in [-0.05, 0) is 26.0 Å². The van der Waals surface area contributed by atoms with Crippen LogP contribution in [0.2, 0.25) is 5.02 Å². The van der Waals surface area contributed by atoms with Crippen molar-refractivity contribution in [2.24, 2.45) is 0 Å². The number of halogens is 1. The number of ether oxygens (including phenoxy) is 1. The minimum absolute atomic E-state index is 0.280. The van der Waals surface area contributed by atoms with Crippen molar-refractivity contribution < 1.29 is 9.53 Å². The Morgan fingerprint density at radius 1 is 1.53 bits per heavy atom. The second-order valence-electron chi connectivity index (χ2n) is 3.10. The van der Waals surface area contributed by atoms with E-state index in [1.165, 1.54) is 0 Å². The minimum atomic E-state index is -0.398. The van der Waals surface area contributed by atoms with E-state index in [9.17, 15) is 4.79 Å². The predicted octanol–water partition coefficient (Wildman–Crippen LogP) is 2.70. The van der Waals surface area contributed by atoms with Crippen LogP contribution in [0.4, 0.5) is 5.69 Å². The molecule has 3 nitrogen and oxygen atoms in total. The van der Waals surface area contributed by atoms with Crippen LogP contribution in [0.1, 0.15) is 13.8 Å². The second-order valence-corrected chi connectivity index (χ2v) is 3.51. The van der Waals surface area contributed by atoms with Gasteiger partial charge in [0, 0.05) is 0 Å². The molecule has 0 fully saturated rings. The Labute approximate surface area is 94.4 Å². The van der Waals surface area contributed by atoms with Crippen LogP contribution in [-0.4, -0.2) is 18.6 Å². The highest BCUT2D eigenvalue weighted by Gasteiger charge is 2.14. The molecule has 0 bridgehead atoms. The van der Waals surface area contributed by atoms with E-state index in [0.717, 1.165) is 5.69 Å². The van der Waals surface area contributed by atoms with Gasteiger partial charge in [0.05, 0.1) is 17.3 Å². The molecule has 1 aromatic rings. The van der Waals surface area contributed by atoms with Gasteiger partial charge < -0.3 is 10.1 Å². The fraction of sp³-hybridized carbons (Fsp3) is 0.364. The first-order chi connectivity index (χ1) is 7.15. The lowest BCUT2D eigenvalue weighted by Crippen LogP contribution is -2.28. The normalized spacial score (nSPS) is 11.9. The maximum absolute atomic E-state index is 11.3. The number of anilines is 1. The number of para-hydroxylation sites is 1. The standard InChI is InChI=1S/C11H14ClNO2/c1-3-15-11(14)8(2)13-10-7-5-4-6-9(10)12/h4-8,13H,3H2,1-2H3. The summed E-state index contributed by atoms with van der Waals surface area (Å²) < 4.78 is 4.87. The van der Waals surface area contributed by atoms with E-state index in [0.29, 0.717) is 11.6 Å². The number of carbonyl (C=O) groups is 1. The number of benzene rings is 1. The summed E-state index contributed by atoms with van der Waals surface area (Å²) in [5, 5.41) is 3.58. The highest BCUT2D eigenvalue weighted by Crippen LogP contribution is 2.21. The van der Waals surface area contributed by atoms with E-state index in [1.54, 1.807) is 19.9 Å². The first-order valence-electron chi connectivity index (χ1n) is 4.83. The van der Waals surface area contributed by atoms with Crippen LogP contribution in [0.25, 0.3) is 0 Å². The zero-order valence-corrected chi connectivity index (χ0v) is 9.54. The summed E-state index contributed by atoms with van der Waals surface area (Å²) in [7, 11) is 0. The molecule has 15 heavy (non-hydrogen) atoms. The van der Waals surface area contributed by atoms with Gasteiger partial charge in [0.1, 0.15) is 6.04 Å². The average molecular weight is 228 g/mol. The first-order valence-corrected chi connectivity index (χ1v) is 5.20. The second kappa shape index (κ2) is 5.61. The van der Waals surface area contributed by atoms with Gasteiger partial charge in [-0.15, -0.1) is 0 Å². The molecule has 0 aliphatic rings. The molecule has 1 N–H and O–H groups in total. The first kappa shape index (κ1) is 11.9. The molecule has 0 spiro atoms. The Hall–Kier alpha value is -1.22. The monoisotopic (exact) mass is 227 g/mol. The third kappa shape index (κ3) is 3.44. The van der Waals surface area contributed by atoms with Crippen LogP contribution in [0.3, 0.4) is 0 Å². The van der Waals surface area contributed by atoms with Crippen LogP contribution < -0.4 is 5.32 Å². The van der Waals surface area contributed by atoms with Gasteiger partial charge in [0.15, 0.2) is 0 Å². The van der Waals surface area contributed by atoms with Crippen molar-refractivity contribution >= 4 is 23.3 Å². The van der Waals surface area contributed by atoms with Gasteiger partial charge in [0.25, 0.3) is 0 Å². The van der Waals surface area contributed by atoms with Crippen molar-refractivity contribution in [3.63, 3.8) is 0 Å². The van der Waals surface area contributed by atoms with E-state index in [-0.39, 0.29) is 5.97 Å². The molecule has 1 unspecified atom stereocenters. The predicted molar refractivity (Wildman–Crippen MR) is 61.2 cm³/mol. The van der Waals surface area contributed by atoms with E-state index < -0.39 is 6.04 Å². The van der Waals surface area contributed by atoms with Gasteiger partial charge >= 0.3 is 5.97 Å². The SMILES string of the molecule is CCOC(=O)C(C)Nc1ccccc1Cl. The molecule has 0 aliphatic heterocycles. The Kier molecular flexibility index (Phi) is 4.43. The maximum atomic E-state index is 11.3. The molecular formula is C11H14ClNO2. The highest BCUT2D eigenvalue weighted by atomic mass is 35.5. The summed E-state index contributed by atoms with van der Waals surface area (Å²) in [4.78, 5) is 11.3. The zero-order valence-electron chi connectivity index (χ0n) is 8.79. The highest BCUT2D eigenvalue weighted by molar-refractivity contribution is 6.33. The van der Waals surface area contributed by atoms with Crippen molar-refractivity contribution in [1.29, 1.82) is 0 Å². The van der Waals surface area contributed by atoms with Gasteiger partial charge in [-0.3, -0.25) is 0 Å². The number of esters is 1. The molecular weight excluding hydrogens is 214 g/mol. The fourth-order valence-corrected chi connectivity index (χ4v) is 1.33. The number of hydrogen-bond donors (Lipinski definition) is 1. The molecule has 1 atom stereocenters. The zero-order chi connectivity index (χ0) is 11.3. The molecule has 0 amide bonds. The van der Waals surface area contributed by atoms with Gasteiger partial charge in [-0.25, -0.2) is 4.79 Å². The molecule has 4 heteroatoms. The van der Waals surface area contributed by atoms with Crippen molar-refractivity contribution in [3.05, 3.63) is 29.3 Å². The molecule has 0 aliphatic carbocycles. The average Bonchev–Trinajstić information content (AvgIpc) is 2.21. The lowest BCUT2D eigenvalue weighted by atomic mass is 10.2. The van der Waals surface area contributed by atoms with Crippen molar-refractivity contribution in [3.8, 4) is 0 Å². The third-order valence-electron chi connectivity index (χ3n) is 1.89. The van der Waals surface area contributed by atoms with Gasteiger partial charge in [0.2, 0.25) is 0 Å². The van der Waals surface area contributed by atoms with Crippen LogP contribution in [0.15, 0.2) is 24.3 Å². The smallest absolute Gasteiger partial charge is 0.328 e. The van der Waals surface area contributed by atoms with E-state index >= 15 is 0 Å². The largest absolute Gasteiger partial charge is 0.464 e. The topological polar surface area (TPSA) is 38.3 Å². The summed E-state index contributed by atoms with van der Waals surface area (Å²) in [6.45, 7) is 3.90. The summed E-state index contributed by atoms with van der Waals surface area (Å²) in [6.07, 6.45) is 0. The molecule has 82 valence electrons. The molecule has 0 aromatic heterocycles. The molecule has 0 saturated carbocycles. The molecule has 1 aromatic carbocycles. The lowest BCUT2D eigenvalue weighted by Gasteiger charge is -2.14. The molecule has 0 saturated heterocycles. The van der Waals surface area contributed by atoms with Crippen LogP contribution in [0.5, 0.6) is 0 Å². The fourth-order valence-electron chi connectivity index (χ4n) is 1.14. The number of nitrogens with one attached hydrogen (secondary N) is 1. The summed E-state index contributed by atoms with van der Waals surface area (Å²) in [5.74, 6) is -0.280. The Bertz CT molecular complexity index is 341. The van der Waals surface area contributed by atoms with E-state index in [1.807, 2.05) is 18.2 Å². The van der Waals surface area contributed by atoms with Crippen molar-refractivity contribution in [1.82, 2.24) is 0 Å².